The molecule has 27 heavy (non-hydrogen) atoms. The van der Waals surface area contributed by atoms with Gasteiger partial charge in [-0.3, -0.25) is 4.79 Å². The Labute approximate surface area is 164 Å². The number of nitrogens with zero attached hydrogens (tertiary/aromatic N) is 1. The molecule has 1 aliphatic heterocycles. The standard InChI is InChI=1S/C21H24ClNO4/c1-3-26-16-9-7-14(8-10-16)18-6-5-11-23(18)21(25)15-12-17(22)20(24)19(13-15)27-4-2/h7-10,12-13,18,24H,3-6,11H2,1-2H3. The molecule has 1 aliphatic rings. The first-order valence-electron chi connectivity index (χ1n) is 9.24. The summed E-state index contributed by atoms with van der Waals surface area (Å²) in [6.07, 6.45) is 1.84. The van der Waals surface area contributed by atoms with E-state index in [1.807, 2.05) is 43.0 Å². The highest BCUT2D eigenvalue weighted by Crippen LogP contribution is 2.38. The van der Waals surface area contributed by atoms with Crippen LogP contribution >= 0.6 is 11.6 Å². The van der Waals surface area contributed by atoms with Crippen LogP contribution in [-0.2, 0) is 0 Å². The lowest BCUT2D eigenvalue weighted by Gasteiger charge is -2.26. The van der Waals surface area contributed by atoms with Crippen molar-refractivity contribution in [1.29, 1.82) is 0 Å². The van der Waals surface area contributed by atoms with Crippen LogP contribution in [0.1, 0.15) is 48.7 Å². The first-order chi connectivity index (χ1) is 13.0. The molecule has 144 valence electrons. The van der Waals surface area contributed by atoms with Crippen molar-refractivity contribution in [3.8, 4) is 17.2 Å². The molecule has 0 radical (unpaired) electrons. The van der Waals surface area contributed by atoms with Crippen LogP contribution < -0.4 is 9.47 Å². The molecular weight excluding hydrogens is 366 g/mol. The summed E-state index contributed by atoms with van der Waals surface area (Å²) in [5.74, 6) is 0.794. The van der Waals surface area contributed by atoms with Crippen molar-refractivity contribution in [2.45, 2.75) is 32.7 Å². The summed E-state index contributed by atoms with van der Waals surface area (Å²) < 4.78 is 10.9. The number of ether oxygens (including phenoxy) is 2. The van der Waals surface area contributed by atoms with E-state index in [1.54, 1.807) is 6.07 Å². The molecule has 6 heteroatoms. The van der Waals surface area contributed by atoms with Crippen molar-refractivity contribution >= 4 is 17.5 Å². The van der Waals surface area contributed by atoms with Crippen LogP contribution in [0.5, 0.6) is 17.2 Å². The summed E-state index contributed by atoms with van der Waals surface area (Å²) in [6.45, 7) is 5.44. The predicted molar refractivity (Wildman–Crippen MR) is 105 cm³/mol. The number of aromatic hydroxyl groups is 1. The van der Waals surface area contributed by atoms with E-state index in [9.17, 15) is 9.90 Å². The summed E-state index contributed by atoms with van der Waals surface area (Å²) >= 11 is 6.09. The average molecular weight is 390 g/mol. The van der Waals surface area contributed by atoms with E-state index in [4.69, 9.17) is 21.1 Å². The summed E-state index contributed by atoms with van der Waals surface area (Å²) in [5, 5.41) is 10.1. The molecule has 1 heterocycles. The lowest BCUT2D eigenvalue weighted by molar-refractivity contribution is 0.0735. The van der Waals surface area contributed by atoms with Crippen LogP contribution in [0.4, 0.5) is 0 Å². The zero-order chi connectivity index (χ0) is 19.4. The van der Waals surface area contributed by atoms with Gasteiger partial charge in [0.2, 0.25) is 0 Å². The van der Waals surface area contributed by atoms with Crippen LogP contribution in [0, 0.1) is 0 Å². The number of amides is 1. The number of phenolic OH excluding ortho intramolecular Hbond substituents is 1. The van der Waals surface area contributed by atoms with Gasteiger partial charge in [-0.2, -0.15) is 0 Å². The second-order valence-corrected chi connectivity index (χ2v) is 6.80. The van der Waals surface area contributed by atoms with Crippen molar-refractivity contribution in [1.82, 2.24) is 4.90 Å². The Morgan fingerprint density at radius 2 is 1.89 bits per heavy atom. The van der Waals surface area contributed by atoms with Crippen LogP contribution in [0.3, 0.4) is 0 Å². The first-order valence-corrected chi connectivity index (χ1v) is 9.62. The fourth-order valence-electron chi connectivity index (χ4n) is 3.44. The van der Waals surface area contributed by atoms with E-state index >= 15 is 0 Å². The summed E-state index contributed by atoms with van der Waals surface area (Å²) in [7, 11) is 0. The molecule has 2 aromatic carbocycles. The number of benzene rings is 2. The number of rotatable bonds is 6. The van der Waals surface area contributed by atoms with Crippen LogP contribution in [-0.4, -0.2) is 35.7 Å². The van der Waals surface area contributed by atoms with E-state index in [0.29, 0.717) is 25.3 Å². The van der Waals surface area contributed by atoms with Gasteiger partial charge in [0, 0.05) is 12.1 Å². The molecule has 5 nitrogen and oxygen atoms in total. The molecule has 1 unspecified atom stereocenters. The Bertz CT molecular complexity index is 807. The lowest BCUT2D eigenvalue weighted by Crippen LogP contribution is -2.30. The fraction of sp³-hybridized carbons (Fsp3) is 0.381. The number of phenols is 1. The zero-order valence-electron chi connectivity index (χ0n) is 15.6. The van der Waals surface area contributed by atoms with E-state index in [2.05, 4.69) is 0 Å². The molecule has 2 aromatic rings. The van der Waals surface area contributed by atoms with Gasteiger partial charge >= 0.3 is 0 Å². The van der Waals surface area contributed by atoms with E-state index < -0.39 is 0 Å². The molecule has 0 aromatic heterocycles. The van der Waals surface area contributed by atoms with Crippen molar-refractivity contribution in [2.24, 2.45) is 0 Å². The van der Waals surface area contributed by atoms with Gasteiger partial charge in [-0.15, -0.1) is 0 Å². The smallest absolute Gasteiger partial charge is 0.254 e. The Kier molecular flexibility index (Phi) is 6.11. The maximum absolute atomic E-state index is 13.1. The molecule has 3 rings (SSSR count). The van der Waals surface area contributed by atoms with Crippen molar-refractivity contribution < 1.29 is 19.4 Å². The van der Waals surface area contributed by atoms with Crippen LogP contribution in [0.15, 0.2) is 36.4 Å². The maximum atomic E-state index is 13.1. The SMILES string of the molecule is CCOc1ccc(C2CCCN2C(=O)c2cc(Cl)c(O)c(OCC)c2)cc1. The third-order valence-corrected chi connectivity index (χ3v) is 4.95. The second-order valence-electron chi connectivity index (χ2n) is 6.40. The van der Waals surface area contributed by atoms with Gasteiger partial charge in [-0.05, 0) is 56.5 Å². The van der Waals surface area contributed by atoms with Crippen LogP contribution in [0.25, 0.3) is 0 Å². The Morgan fingerprint density at radius 3 is 2.56 bits per heavy atom. The number of carbonyl (C=O) groups excluding carboxylic acids is 1. The van der Waals surface area contributed by atoms with Crippen LogP contribution in [0.2, 0.25) is 5.02 Å². The van der Waals surface area contributed by atoms with Crippen molar-refractivity contribution in [2.75, 3.05) is 19.8 Å². The number of hydrogen-bond donors (Lipinski definition) is 1. The Morgan fingerprint density at radius 1 is 1.19 bits per heavy atom. The minimum atomic E-state index is -0.139. The quantitative estimate of drug-likeness (QED) is 0.769. The van der Waals surface area contributed by atoms with E-state index in [0.717, 1.165) is 24.2 Å². The van der Waals surface area contributed by atoms with Gasteiger partial charge in [-0.1, -0.05) is 23.7 Å². The molecule has 1 atom stereocenters. The highest BCUT2D eigenvalue weighted by atomic mass is 35.5. The molecule has 1 amide bonds. The summed E-state index contributed by atoms with van der Waals surface area (Å²) in [6, 6.07) is 11.0. The average Bonchev–Trinajstić information content (AvgIpc) is 3.15. The summed E-state index contributed by atoms with van der Waals surface area (Å²) in [4.78, 5) is 15.0. The molecular formula is C21H24ClNO4. The molecule has 0 saturated carbocycles. The lowest BCUT2D eigenvalue weighted by atomic mass is 10.0. The molecule has 0 bridgehead atoms. The molecule has 1 N–H and O–H groups in total. The molecule has 1 fully saturated rings. The number of likely N-dealkylation sites (tertiary alicyclic amines) is 1. The highest BCUT2D eigenvalue weighted by Gasteiger charge is 2.31. The van der Waals surface area contributed by atoms with Gasteiger partial charge in [-0.25, -0.2) is 0 Å². The highest BCUT2D eigenvalue weighted by molar-refractivity contribution is 6.32. The first kappa shape index (κ1) is 19.4. The number of carbonyl (C=O) groups is 1. The van der Waals surface area contributed by atoms with Crippen molar-refractivity contribution in [3.63, 3.8) is 0 Å². The third-order valence-electron chi connectivity index (χ3n) is 4.66. The molecule has 0 spiro atoms. The van der Waals surface area contributed by atoms with E-state index in [-0.39, 0.29) is 28.5 Å². The Hall–Kier alpha value is -2.40. The second kappa shape index (κ2) is 8.53. The van der Waals surface area contributed by atoms with Gasteiger partial charge < -0.3 is 19.5 Å². The fourth-order valence-corrected chi connectivity index (χ4v) is 3.65. The van der Waals surface area contributed by atoms with E-state index in [1.165, 1.54) is 6.07 Å². The van der Waals surface area contributed by atoms with Crippen molar-refractivity contribution in [3.05, 3.63) is 52.5 Å². The predicted octanol–water partition coefficient (Wildman–Crippen LogP) is 4.82. The number of hydrogen-bond acceptors (Lipinski definition) is 4. The van der Waals surface area contributed by atoms with Gasteiger partial charge in [0.05, 0.1) is 24.3 Å². The molecule has 0 aliphatic carbocycles. The zero-order valence-corrected chi connectivity index (χ0v) is 16.3. The normalized spacial score (nSPS) is 16.4. The maximum Gasteiger partial charge on any atom is 0.254 e. The largest absolute Gasteiger partial charge is 0.503 e. The topological polar surface area (TPSA) is 59.0 Å². The van der Waals surface area contributed by atoms with Gasteiger partial charge in [0.15, 0.2) is 11.5 Å². The third kappa shape index (κ3) is 4.14. The molecule has 1 saturated heterocycles. The minimum absolute atomic E-state index is 0.0105. The van der Waals surface area contributed by atoms with Gasteiger partial charge in [0.1, 0.15) is 5.75 Å². The summed E-state index contributed by atoms with van der Waals surface area (Å²) in [5.41, 5.74) is 1.50. The van der Waals surface area contributed by atoms with Gasteiger partial charge in [0.25, 0.3) is 5.91 Å². The number of halogens is 1. The minimum Gasteiger partial charge on any atom is -0.503 e. The Balaban J connectivity index is 1.85. The monoisotopic (exact) mass is 389 g/mol.